The first-order valence-electron chi connectivity index (χ1n) is 10.1. The Morgan fingerprint density at radius 2 is 1.83 bits per heavy atom. The van der Waals surface area contributed by atoms with Gasteiger partial charge < -0.3 is 10.1 Å². The van der Waals surface area contributed by atoms with Crippen molar-refractivity contribution < 1.29 is 9.53 Å². The second-order valence-electron chi connectivity index (χ2n) is 7.59. The summed E-state index contributed by atoms with van der Waals surface area (Å²) in [6.45, 7) is 11.0. The topological polar surface area (TPSA) is 67.4 Å². The average molecular weight is 415 g/mol. The van der Waals surface area contributed by atoms with Crippen molar-refractivity contribution in [2.75, 3.05) is 32.6 Å². The van der Waals surface area contributed by atoms with Crippen molar-refractivity contribution in [1.29, 1.82) is 0 Å². The molecule has 0 atom stereocenters. The van der Waals surface area contributed by atoms with Crippen molar-refractivity contribution >= 4 is 17.7 Å². The summed E-state index contributed by atoms with van der Waals surface area (Å²) in [7, 11) is 0. The van der Waals surface area contributed by atoms with Crippen LogP contribution in [0.3, 0.4) is 0 Å². The average Bonchev–Trinajstić information content (AvgIpc) is 2.73. The standard InChI is InChI=1S/C22H30N4O2S/c1-15(2)20-24-16(3)19(22(25-20)29-4)21(27)23-13-17-5-7-18(8-6-17)14-26-9-11-28-12-10-26/h5-8,15H,9-14H2,1-4H3,(H,23,27). The smallest absolute Gasteiger partial charge is 0.256 e. The van der Waals surface area contributed by atoms with Gasteiger partial charge >= 0.3 is 0 Å². The highest BCUT2D eigenvalue weighted by Crippen LogP contribution is 2.23. The van der Waals surface area contributed by atoms with Crippen LogP contribution in [0.2, 0.25) is 0 Å². The number of nitrogens with one attached hydrogen (secondary N) is 1. The van der Waals surface area contributed by atoms with Gasteiger partial charge in [-0.05, 0) is 24.3 Å². The highest BCUT2D eigenvalue weighted by atomic mass is 32.2. The van der Waals surface area contributed by atoms with Crippen LogP contribution in [0.25, 0.3) is 0 Å². The predicted molar refractivity (Wildman–Crippen MR) is 116 cm³/mol. The van der Waals surface area contributed by atoms with E-state index in [1.54, 1.807) is 0 Å². The molecule has 29 heavy (non-hydrogen) atoms. The summed E-state index contributed by atoms with van der Waals surface area (Å²) in [6, 6.07) is 8.43. The van der Waals surface area contributed by atoms with Gasteiger partial charge in [-0.3, -0.25) is 9.69 Å². The van der Waals surface area contributed by atoms with Crippen molar-refractivity contribution in [1.82, 2.24) is 20.2 Å². The van der Waals surface area contributed by atoms with Crippen molar-refractivity contribution in [3.05, 3.63) is 52.5 Å². The molecule has 1 aromatic heterocycles. The van der Waals surface area contributed by atoms with E-state index in [1.165, 1.54) is 17.3 Å². The Balaban J connectivity index is 1.61. The lowest BCUT2D eigenvalue weighted by Gasteiger charge is -2.26. The molecule has 3 rings (SSSR count). The third-order valence-corrected chi connectivity index (χ3v) is 5.68. The summed E-state index contributed by atoms with van der Waals surface area (Å²) >= 11 is 1.48. The van der Waals surface area contributed by atoms with Gasteiger partial charge in [0, 0.05) is 32.1 Å². The Morgan fingerprint density at radius 3 is 2.45 bits per heavy atom. The number of carbonyl (C=O) groups excluding carboxylic acids is 1. The molecule has 0 bridgehead atoms. The van der Waals surface area contributed by atoms with E-state index in [0.717, 1.165) is 55.0 Å². The molecule has 7 heteroatoms. The molecule has 0 aliphatic carbocycles. The second-order valence-corrected chi connectivity index (χ2v) is 8.39. The molecule has 1 saturated heterocycles. The molecule has 1 fully saturated rings. The van der Waals surface area contributed by atoms with Gasteiger partial charge in [0.15, 0.2) is 0 Å². The zero-order valence-corrected chi connectivity index (χ0v) is 18.5. The molecule has 6 nitrogen and oxygen atoms in total. The van der Waals surface area contributed by atoms with E-state index in [1.807, 2.05) is 13.2 Å². The van der Waals surface area contributed by atoms with Gasteiger partial charge in [-0.1, -0.05) is 38.1 Å². The van der Waals surface area contributed by atoms with E-state index in [9.17, 15) is 4.79 Å². The monoisotopic (exact) mass is 414 g/mol. The lowest BCUT2D eigenvalue weighted by molar-refractivity contribution is 0.0342. The Bertz CT molecular complexity index is 833. The maximum atomic E-state index is 12.8. The van der Waals surface area contributed by atoms with Crippen molar-refractivity contribution in [2.45, 2.75) is 44.8 Å². The van der Waals surface area contributed by atoms with Crippen LogP contribution in [0.5, 0.6) is 0 Å². The molecular weight excluding hydrogens is 384 g/mol. The maximum Gasteiger partial charge on any atom is 0.256 e. The van der Waals surface area contributed by atoms with Gasteiger partial charge in [0.05, 0.1) is 24.5 Å². The number of hydrogen-bond acceptors (Lipinski definition) is 6. The molecule has 2 heterocycles. The number of nitrogens with zero attached hydrogens (tertiary/aromatic N) is 3. The molecule has 156 valence electrons. The van der Waals surface area contributed by atoms with Gasteiger partial charge in [0.1, 0.15) is 10.9 Å². The summed E-state index contributed by atoms with van der Waals surface area (Å²) in [6.07, 6.45) is 1.94. The van der Waals surface area contributed by atoms with E-state index < -0.39 is 0 Å². The number of morpholine rings is 1. The van der Waals surface area contributed by atoms with Gasteiger partial charge in [-0.2, -0.15) is 0 Å². The Morgan fingerprint density at radius 1 is 1.17 bits per heavy atom. The zero-order chi connectivity index (χ0) is 20.8. The fourth-order valence-corrected chi connectivity index (χ4v) is 3.91. The molecule has 1 amide bonds. The van der Waals surface area contributed by atoms with E-state index in [4.69, 9.17) is 4.74 Å². The first-order valence-corrected chi connectivity index (χ1v) is 11.3. The predicted octanol–water partition coefficient (Wildman–Crippen LogP) is 3.39. The number of aryl methyl sites for hydroxylation is 1. The molecule has 0 saturated carbocycles. The molecule has 1 N–H and O–H groups in total. The number of ether oxygens (including phenoxy) is 1. The van der Waals surface area contributed by atoms with E-state index >= 15 is 0 Å². The normalized spacial score (nSPS) is 14.9. The minimum absolute atomic E-state index is 0.125. The highest BCUT2D eigenvalue weighted by molar-refractivity contribution is 7.98. The van der Waals surface area contributed by atoms with Gasteiger partial charge in [-0.25, -0.2) is 9.97 Å². The first-order chi connectivity index (χ1) is 14.0. The number of carbonyl (C=O) groups is 1. The van der Waals surface area contributed by atoms with Crippen molar-refractivity contribution in [2.24, 2.45) is 0 Å². The second kappa shape index (κ2) is 10.2. The molecule has 0 unspecified atom stereocenters. The van der Waals surface area contributed by atoms with E-state index in [-0.39, 0.29) is 11.8 Å². The highest BCUT2D eigenvalue weighted by Gasteiger charge is 2.19. The maximum absolute atomic E-state index is 12.8. The number of benzene rings is 1. The van der Waals surface area contributed by atoms with Crippen molar-refractivity contribution in [3.8, 4) is 0 Å². The molecule has 2 aromatic rings. The number of hydrogen-bond donors (Lipinski definition) is 1. The minimum atomic E-state index is -0.125. The molecule has 0 radical (unpaired) electrons. The summed E-state index contributed by atoms with van der Waals surface area (Å²) in [5, 5.41) is 3.76. The largest absolute Gasteiger partial charge is 0.379 e. The van der Waals surface area contributed by atoms with Crippen LogP contribution in [-0.2, 0) is 17.8 Å². The molecular formula is C22H30N4O2S. The summed E-state index contributed by atoms with van der Waals surface area (Å²) in [5.74, 6) is 0.881. The van der Waals surface area contributed by atoms with E-state index in [0.29, 0.717) is 12.1 Å². The van der Waals surface area contributed by atoms with Crippen LogP contribution >= 0.6 is 11.8 Å². The summed E-state index contributed by atoms with van der Waals surface area (Å²) in [4.78, 5) is 24.3. The minimum Gasteiger partial charge on any atom is -0.379 e. The molecule has 1 aromatic carbocycles. The molecule has 0 spiro atoms. The fraction of sp³-hybridized carbons (Fsp3) is 0.500. The summed E-state index contributed by atoms with van der Waals surface area (Å²) in [5.41, 5.74) is 3.66. The van der Waals surface area contributed by atoms with Crippen molar-refractivity contribution in [3.63, 3.8) is 0 Å². The van der Waals surface area contributed by atoms with E-state index in [2.05, 4.69) is 58.3 Å². The van der Waals surface area contributed by atoms with Crippen LogP contribution in [0.15, 0.2) is 29.3 Å². The lowest BCUT2D eigenvalue weighted by Crippen LogP contribution is -2.35. The Labute approximate surface area is 177 Å². The van der Waals surface area contributed by atoms with Gasteiger partial charge in [0.2, 0.25) is 0 Å². The SMILES string of the molecule is CSc1nc(C(C)C)nc(C)c1C(=O)NCc1ccc(CN2CCOCC2)cc1. The molecule has 1 aliphatic rings. The van der Waals surface area contributed by atoms with Crippen LogP contribution in [0, 0.1) is 6.92 Å². The van der Waals surface area contributed by atoms with Crippen LogP contribution in [0.4, 0.5) is 0 Å². The quantitative estimate of drug-likeness (QED) is 0.553. The summed E-state index contributed by atoms with van der Waals surface area (Å²) < 4.78 is 5.40. The lowest BCUT2D eigenvalue weighted by atomic mass is 10.1. The van der Waals surface area contributed by atoms with Crippen LogP contribution < -0.4 is 5.32 Å². The fourth-order valence-electron chi connectivity index (χ4n) is 3.29. The van der Waals surface area contributed by atoms with Crippen LogP contribution in [0.1, 0.15) is 52.8 Å². The molecule has 1 aliphatic heterocycles. The first kappa shape index (κ1) is 21.7. The zero-order valence-electron chi connectivity index (χ0n) is 17.7. The van der Waals surface area contributed by atoms with Crippen LogP contribution in [-0.4, -0.2) is 53.3 Å². The third-order valence-electron chi connectivity index (χ3n) is 5.00. The third kappa shape index (κ3) is 5.78. The van der Waals surface area contributed by atoms with Gasteiger partial charge in [-0.15, -0.1) is 11.8 Å². The Hall–Kier alpha value is -1.96. The van der Waals surface area contributed by atoms with Gasteiger partial charge in [0.25, 0.3) is 5.91 Å². The number of thioether (sulfide) groups is 1. The number of aromatic nitrogens is 2. The number of amides is 1. The number of rotatable bonds is 7. The Kier molecular flexibility index (Phi) is 7.64.